The van der Waals surface area contributed by atoms with Crippen LogP contribution < -0.4 is 11.1 Å². The van der Waals surface area contributed by atoms with Gasteiger partial charge in [0.25, 0.3) is 0 Å². The molecule has 0 spiro atoms. The second-order valence-corrected chi connectivity index (χ2v) is 4.14. The number of nitrogens with two attached hydrogens (primary N) is 1. The lowest BCUT2D eigenvalue weighted by atomic mass is 9.99. The van der Waals surface area contributed by atoms with Crippen molar-refractivity contribution < 1.29 is 0 Å². The fourth-order valence-corrected chi connectivity index (χ4v) is 2.11. The largest absolute Gasteiger partial charge is 0.329 e. The number of hydrogen-bond acceptors (Lipinski definition) is 2. The van der Waals surface area contributed by atoms with Gasteiger partial charge in [0, 0.05) is 18.6 Å². The fraction of sp³-hybridized carbons (Fsp3) is 1.00. The van der Waals surface area contributed by atoms with Crippen LogP contribution in [0, 0.1) is 5.92 Å². The lowest BCUT2D eigenvalue weighted by Crippen LogP contribution is -2.42. The third-order valence-electron chi connectivity index (χ3n) is 3.01. The van der Waals surface area contributed by atoms with Crippen LogP contribution in [-0.4, -0.2) is 18.6 Å². The maximum absolute atomic E-state index is 5.56. The summed E-state index contributed by atoms with van der Waals surface area (Å²) in [7, 11) is 0. The first-order valence-electron chi connectivity index (χ1n) is 5.20. The topological polar surface area (TPSA) is 38.0 Å². The van der Waals surface area contributed by atoms with E-state index in [1.54, 1.807) is 0 Å². The maximum Gasteiger partial charge on any atom is 0.0164 e. The van der Waals surface area contributed by atoms with E-state index in [2.05, 4.69) is 19.2 Å². The van der Waals surface area contributed by atoms with Crippen molar-refractivity contribution in [1.29, 1.82) is 0 Å². The highest BCUT2D eigenvalue weighted by atomic mass is 15.0. The van der Waals surface area contributed by atoms with Crippen molar-refractivity contribution in [3.05, 3.63) is 0 Å². The lowest BCUT2D eigenvalue weighted by molar-refractivity contribution is 0.352. The highest BCUT2D eigenvalue weighted by Gasteiger charge is 2.21. The van der Waals surface area contributed by atoms with Gasteiger partial charge in [0.15, 0.2) is 0 Å². The summed E-state index contributed by atoms with van der Waals surface area (Å²) in [4.78, 5) is 0. The van der Waals surface area contributed by atoms with Crippen LogP contribution >= 0.6 is 0 Å². The molecule has 1 fully saturated rings. The molecule has 0 radical (unpaired) electrons. The van der Waals surface area contributed by atoms with E-state index in [4.69, 9.17) is 5.73 Å². The van der Waals surface area contributed by atoms with Gasteiger partial charge in [-0.25, -0.2) is 0 Å². The van der Waals surface area contributed by atoms with Gasteiger partial charge in [-0.15, -0.1) is 0 Å². The van der Waals surface area contributed by atoms with Gasteiger partial charge in [-0.05, 0) is 32.6 Å². The minimum absolute atomic E-state index is 0.473. The Morgan fingerprint density at radius 1 is 1.33 bits per heavy atom. The molecule has 1 saturated carbocycles. The lowest BCUT2D eigenvalue weighted by Gasteiger charge is -2.23. The van der Waals surface area contributed by atoms with E-state index in [0.717, 1.165) is 12.5 Å². The van der Waals surface area contributed by atoms with Gasteiger partial charge in [0.2, 0.25) is 0 Å². The Bertz CT molecular complexity index is 119. The Morgan fingerprint density at radius 3 is 2.42 bits per heavy atom. The molecule has 12 heavy (non-hydrogen) atoms. The summed E-state index contributed by atoms with van der Waals surface area (Å²) in [6.45, 7) is 5.20. The Labute approximate surface area is 75.9 Å². The van der Waals surface area contributed by atoms with E-state index >= 15 is 0 Å². The normalized spacial score (nSPS) is 24.2. The van der Waals surface area contributed by atoms with Crippen LogP contribution in [0.5, 0.6) is 0 Å². The summed E-state index contributed by atoms with van der Waals surface area (Å²) in [5.41, 5.74) is 5.56. The quantitative estimate of drug-likeness (QED) is 0.671. The second kappa shape index (κ2) is 4.83. The van der Waals surface area contributed by atoms with Crippen LogP contribution in [0.3, 0.4) is 0 Å². The number of hydrogen-bond donors (Lipinski definition) is 2. The van der Waals surface area contributed by atoms with E-state index in [1.165, 1.54) is 25.7 Å². The van der Waals surface area contributed by atoms with Crippen LogP contribution in [0.2, 0.25) is 0 Å². The smallest absolute Gasteiger partial charge is 0.0164 e. The minimum atomic E-state index is 0.473. The molecule has 3 N–H and O–H groups in total. The Kier molecular flexibility index (Phi) is 4.02. The van der Waals surface area contributed by atoms with Crippen molar-refractivity contribution in [3.63, 3.8) is 0 Å². The van der Waals surface area contributed by atoms with Crippen LogP contribution in [-0.2, 0) is 0 Å². The van der Waals surface area contributed by atoms with Gasteiger partial charge in [-0.1, -0.05) is 12.8 Å². The first-order valence-corrected chi connectivity index (χ1v) is 5.20. The van der Waals surface area contributed by atoms with Gasteiger partial charge >= 0.3 is 0 Å². The summed E-state index contributed by atoms with van der Waals surface area (Å²) < 4.78 is 0. The molecular weight excluding hydrogens is 148 g/mol. The van der Waals surface area contributed by atoms with E-state index < -0.39 is 0 Å². The molecule has 0 aliphatic heterocycles. The number of rotatable bonds is 4. The van der Waals surface area contributed by atoms with Crippen molar-refractivity contribution in [1.82, 2.24) is 5.32 Å². The third kappa shape index (κ3) is 2.76. The van der Waals surface area contributed by atoms with Gasteiger partial charge in [0.1, 0.15) is 0 Å². The molecule has 2 nitrogen and oxygen atoms in total. The third-order valence-corrected chi connectivity index (χ3v) is 3.01. The Hall–Kier alpha value is -0.0800. The molecule has 2 heteroatoms. The molecular formula is C10H22N2. The standard InChI is InChI=1S/C10H22N2/c1-8(7-11)12-9(2)10-5-3-4-6-10/h8-10,12H,3-7,11H2,1-2H3/t8?,9-/m0/s1. The molecule has 0 amide bonds. The van der Waals surface area contributed by atoms with Gasteiger partial charge in [-0.2, -0.15) is 0 Å². The summed E-state index contributed by atoms with van der Waals surface area (Å²) in [6, 6.07) is 1.13. The molecule has 0 aromatic rings. The zero-order valence-electron chi connectivity index (χ0n) is 8.34. The average Bonchev–Trinajstić information content (AvgIpc) is 2.56. The molecule has 0 heterocycles. The SMILES string of the molecule is CC(CN)N[C@@H](C)C1CCCC1. The van der Waals surface area contributed by atoms with Crippen molar-refractivity contribution in [2.24, 2.45) is 11.7 Å². The van der Waals surface area contributed by atoms with Crippen molar-refractivity contribution in [2.45, 2.75) is 51.6 Å². The highest BCUT2D eigenvalue weighted by molar-refractivity contribution is 4.79. The number of nitrogens with one attached hydrogen (secondary N) is 1. The summed E-state index contributed by atoms with van der Waals surface area (Å²) in [5, 5.41) is 3.55. The fourth-order valence-electron chi connectivity index (χ4n) is 2.11. The highest BCUT2D eigenvalue weighted by Crippen LogP contribution is 2.27. The second-order valence-electron chi connectivity index (χ2n) is 4.14. The first kappa shape index (κ1) is 10.0. The molecule has 72 valence electrons. The molecule has 0 bridgehead atoms. The monoisotopic (exact) mass is 170 g/mol. The zero-order chi connectivity index (χ0) is 8.97. The van der Waals surface area contributed by atoms with Gasteiger partial charge in [-0.3, -0.25) is 0 Å². The van der Waals surface area contributed by atoms with Crippen molar-refractivity contribution >= 4 is 0 Å². The molecule has 1 unspecified atom stereocenters. The molecule has 1 aliphatic carbocycles. The maximum atomic E-state index is 5.56. The van der Waals surface area contributed by atoms with Gasteiger partial charge < -0.3 is 11.1 Å². The minimum Gasteiger partial charge on any atom is -0.329 e. The molecule has 0 saturated heterocycles. The van der Waals surface area contributed by atoms with E-state index in [-0.39, 0.29) is 0 Å². The van der Waals surface area contributed by atoms with Gasteiger partial charge in [0.05, 0.1) is 0 Å². The molecule has 0 aromatic heterocycles. The summed E-state index contributed by atoms with van der Waals surface area (Å²) >= 11 is 0. The van der Waals surface area contributed by atoms with Crippen LogP contribution in [0.4, 0.5) is 0 Å². The van der Waals surface area contributed by atoms with Crippen LogP contribution in [0.1, 0.15) is 39.5 Å². The average molecular weight is 170 g/mol. The molecule has 1 rings (SSSR count). The predicted molar refractivity (Wildman–Crippen MR) is 53.1 cm³/mol. The van der Waals surface area contributed by atoms with E-state index in [0.29, 0.717) is 12.1 Å². The Morgan fingerprint density at radius 2 is 1.92 bits per heavy atom. The predicted octanol–water partition coefficient (Wildman–Crippen LogP) is 1.50. The first-order chi connectivity index (χ1) is 5.74. The van der Waals surface area contributed by atoms with Crippen molar-refractivity contribution in [2.75, 3.05) is 6.54 Å². The summed E-state index contributed by atoms with van der Waals surface area (Å²) in [6.07, 6.45) is 5.66. The zero-order valence-corrected chi connectivity index (χ0v) is 8.34. The Balaban J connectivity index is 2.21. The summed E-state index contributed by atoms with van der Waals surface area (Å²) in [5.74, 6) is 0.902. The molecule has 0 aromatic carbocycles. The molecule has 2 atom stereocenters. The van der Waals surface area contributed by atoms with E-state index in [9.17, 15) is 0 Å². The van der Waals surface area contributed by atoms with Crippen LogP contribution in [0.25, 0.3) is 0 Å². The van der Waals surface area contributed by atoms with Crippen molar-refractivity contribution in [3.8, 4) is 0 Å². The molecule has 1 aliphatic rings. The van der Waals surface area contributed by atoms with Crippen LogP contribution in [0.15, 0.2) is 0 Å². The van der Waals surface area contributed by atoms with E-state index in [1.807, 2.05) is 0 Å².